The third-order valence-corrected chi connectivity index (χ3v) is 4.87. The second kappa shape index (κ2) is 6.59. The van der Waals surface area contributed by atoms with E-state index in [1.165, 1.54) is 25.0 Å². The molecule has 2 fully saturated rings. The van der Waals surface area contributed by atoms with Crippen molar-refractivity contribution >= 4 is 5.91 Å². The smallest absolute Gasteiger partial charge is 0.241 e. The standard InChI is InChI=1S/C19H23FN4O/c1-24-16(10-17(23-24)12-2-3-12)11-21-18(19(25)22-15-8-9-15)13-4-6-14(20)7-5-13/h4-7,10,12,15,18,21H,2-3,8-9,11H2,1H3,(H,22,25). The minimum Gasteiger partial charge on any atom is -0.352 e. The summed E-state index contributed by atoms with van der Waals surface area (Å²) in [6.45, 7) is 0.538. The number of halogens is 1. The lowest BCUT2D eigenvalue weighted by Crippen LogP contribution is -2.38. The Morgan fingerprint density at radius 1 is 1.28 bits per heavy atom. The molecule has 0 saturated heterocycles. The van der Waals surface area contributed by atoms with Gasteiger partial charge in [-0.05, 0) is 49.4 Å². The highest BCUT2D eigenvalue weighted by molar-refractivity contribution is 5.83. The van der Waals surface area contributed by atoms with Crippen molar-refractivity contribution in [2.45, 2.75) is 50.2 Å². The fourth-order valence-electron chi connectivity index (χ4n) is 3.01. The maximum atomic E-state index is 13.2. The average molecular weight is 342 g/mol. The third kappa shape index (κ3) is 3.90. The summed E-state index contributed by atoms with van der Waals surface area (Å²) in [5.74, 6) is 0.246. The number of carbonyl (C=O) groups excluding carboxylic acids is 1. The van der Waals surface area contributed by atoms with Crippen LogP contribution < -0.4 is 10.6 Å². The molecule has 2 aromatic rings. The van der Waals surface area contributed by atoms with Gasteiger partial charge in [-0.2, -0.15) is 5.10 Å². The summed E-state index contributed by atoms with van der Waals surface area (Å²) in [7, 11) is 1.93. The SMILES string of the molecule is Cn1nc(C2CC2)cc1CNC(C(=O)NC1CC1)c1ccc(F)cc1. The van der Waals surface area contributed by atoms with Gasteiger partial charge >= 0.3 is 0 Å². The number of nitrogens with zero attached hydrogens (tertiary/aromatic N) is 2. The van der Waals surface area contributed by atoms with E-state index in [2.05, 4.69) is 21.8 Å². The second-order valence-corrected chi connectivity index (χ2v) is 7.11. The first-order chi connectivity index (χ1) is 12.1. The van der Waals surface area contributed by atoms with Crippen molar-refractivity contribution in [2.75, 3.05) is 0 Å². The topological polar surface area (TPSA) is 59.0 Å². The van der Waals surface area contributed by atoms with Crippen molar-refractivity contribution in [3.05, 3.63) is 53.1 Å². The minimum atomic E-state index is -0.500. The first-order valence-corrected chi connectivity index (χ1v) is 8.92. The van der Waals surface area contributed by atoms with Gasteiger partial charge in [0, 0.05) is 25.6 Å². The summed E-state index contributed by atoms with van der Waals surface area (Å²) in [6, 6.07) is 8.02. The van der Waals surface area contributed by atoms with Crippen LogP contribution in [-0.2, 0) is 18.4 Å². The lowest BCUT2D eigenvalue weighted by atomic mass is 10.1. The van der Waals surface area contributed by atoms with E-state index in [0.717, 1.165) is 29.8 Å². The van der Waals surface area contributed by atoms with Crippen LogP contribution in [0.1, 0.15) is 54.6 Å². The van der Waals surface area contributed by atoms with Crippen LogP contribution in [0.25, 0.3) is 0 Å². The van der Waals surface area contributed by atoms with Crippen LogP contribution in [0.2, 0.25) is 0 Å². The van der Waals surface area contributed by atoms with E-state index in [-0.39, 0.29) is 17.8 Å². The van der Waals surface area contributed by atoms with Crippen LogP contribution in [0.5, 0.6) is 0 Å². The summed E-state index contributed by atoms with van der Waals surface area (Å²) < 4.78 is 15.1. The Morgan fingerprint density at radius 2 is 2.00 bits per heavy atom. The maximum Gasteiger partial charge on any atom is 0.241 e. The van der Waals surface area contributed by atoms with Gasteiger partial charge in [0.2, 0.25) is 5.91 Å². The number of amides is 1. The highest BCUT2D eigenvalue weighted by Gasteiger charge is 2.29. The molecule has 1 atom stereocenters. The van der Waals surface area contributed by atoms with Crippen molar-refractivity contribution in [2.24, 2.45) is 7.05 Å². The maximum absolute atomic E-state index is 13.2. The molecule has 1 amide bonds. The van der Waals surface area contributed by atoms with Gasteiger partial charge in [0.25, 0.3) is 0 Å². The molecule has 2 aliphatic carbocycles. The number of carbonyl (C=O) groups is 1. The lowest BCUT2D eigenvalue weighted by Gasteiger charge is -2.19. The molecule has 1 aromatic carbocycles. The highest BCUT2D eigenvalue weighted by Crippen LogP contribution is 2.39. The molecule has 1 unspecified atom stereocenters. The van der Waals surface area contributed by atoms with Crippen LogP contribution >= 0.6 is 0 Å². The zero-order valence-corrected chi connectivity index (χ0v) is 14.3. The Morgan fingerprint density at radius 3 is 2.64 bits per heavy atom. The molecule has 0 radical (unpaired) electrons. The van der Waals surface area contributed by atoms with Crippen LogP contribution in [0.15, 0.2) is 30.3 Å². The predicted octanol–water partition coefficient (Wildman–Crippen LogP) is 2.55. The first kappa shape index (κ1) is 16.3. The molecule has 6 heteroatoms. The summed E-state index contributed by atoms with van der Waals surface area (Å²) in [5, 5.41) is 10.9. The Labute approximate surface area is 146 Å². The van der Waals surface area contributed by atoms with E-state index < -0.39 is 6.04 Å². The third-order valence-electron chi connectivity index (χ3n) is 4.87. The van der Waals surface area contributed by atoms with Gasteiger partial charge < -0.3 is 5.32 Å². The molecule has 25 heavy (non-hydrogen) atoms. The summed E-state index contributed by atoms with van der Waals surface area (Å²) in [4.78, 5) is 12.6. The van der Waals surface area contributed by atoms with Gasteiger partial charge in [0.15, 0.2) is 0 Å². The summed E-state index contributed by atoms with van der Waals surface area (Å²) >= 11 is 0. The number of hydrogen-bond donors (Lipinski definition) is 2. The number of nitrogens with one attached hydrogen (secondary N) is 2. The van der Waals surface area contributed by atoms with Gasteiger partial charge in [-0.25, -0.2) is 4.39 Å². The van der Waals surface area contributed by atoms with E-state index >= 15 is 0 Å². The van der Waals surface area contributed by atoms with E-state index in [1.54, 1.807) is 12.1 Å². The molecule has 0 bridgehead atoms. The second-order valence-electron chi connectivity index (χ2n) is 7.11. The van der Waals surface area contributed by atoms with Crippen molar-refractivity contribution in [3.63, 3.8) is 0 Å². The number of benzene rings is 1. The normalized spacial score (nSPS) is 18.2. The zero-order chi connectivity index (χ0) is 17.4. The van der Waals surface area contributed by atoms with E-state index in [1.807, 2.05) is 11.7 Å². The summed E-state index contributed by atoms with van der Waals surface area (Å²) in [6.07, 6.45) is 4.50. The lowest BCUT2D eigenvalue weighted by molar-refractivity contribution is -0.123. The number of aromatic nitrogens is 2. The van der Waals surface area contributed by atoms with Crippen molar-refractivity contribution in [3.8, 4) is 0 Å². The molecule has 0 spiro atoms. The van der Waals surface area contributed by atoms with E-state index in [9.17, 15) is 9.18 Å². The average Bonchev–Trinajstić information content (AvgIpc) is 3.50. The molecule has 2 aliphatic rings. The molecule has 1 heterocycles. The molecule has 4 rings (SSSR count). The van der Waals surface area contributed by atoms with E-state index in [4.69, 9.17) is 0 Å². The molecular weight excluding hydrogens is 319 g/mol. The van der Waals surface area contributed by atoms with Crippen LogP contribution in [0, 0.1) is 5.82 Å². The van der Waals surface area contributed by atoms with E-state index in [0.29, 0.717) is 12.5 Å². The molecule has 132 valence electrons. The Kier molecular flexibility index (Phi) is 4.29. The largest absolute Gasteiger partial charge is 0.352 e. The quantitative estimate of drug-likeness (QED) is 0.813. The predicted molar refractivity (Wildman–Crippen MR) is 92.3 cm³/mol. The molecule has 2 N–H and O–H groups in total. The van der Waals surface area contributed by atoms with Crippen LogP contribution in [0.3, 0.4) is 0 Å². The van der Waals surface area contributed by atoms with Gasteiger partial charge in [0.05, 0.1) is 11.4 Å². The van der Waals surface area contributed by atoms with Crippen LogP contribution in [-0.4, -0.2) is 21.7 Å². The highest BCUT2D eigenvalue weighted by atomic mass is 19.1. The minimum absolute atomic E-state index is 0.0568. The van der Waals surface area contributed by atoms with Gasteiger partial charge in [0.1, 0.15) is 11.9 Å². The molecule has 1 aromatic heterocycles. The van der Waals surface area contributed by atoms with Crippen molar-refractivity contribution in [1.82, 2.24) is 20.4 Å². The van der Waals surface area contributed by atoms with Crippen molar-refractivity contribution in [1.29, 1.82) is 0 Å². The Hall–Kier alpha value is -2.21. The number of rotatable bonds is 7. The van der Waals surface area contributed by atoms with Gasteiger partial charge in [-0.1, -0.05) is 12.1 Å². The number of hydrogen-bond acceptors (Lipinski definition) is 3. The molecule has 2 saturated carbocycles. The fraction of sp³-hybridized carbons (Fsp3) is 0.474. The monoisotopic (exact) mass is 342 g/mol. The Balaban J connectivity index is 1.48. The van der Waals surface area contributed by atoms with Gasteiger partial charge in [-0.15, -0.1) is 0 Å². The number of aryl methyl sites for hydroxylation is 1. The molecule has 5 nitrogen and oxygen atoms in total. The van der Waals surface area contributed by atoms with Crippen LogP contribution in [0.4, 0.5) is 4.39 Å². The van der Waals surface area contributed by atoms with Gasteiger partial charge in [-0.3, -0.25) is 14.8 Å². The summed E-state index contributed by atoms with van der Waals surface area (Å²) in [5.41, 5.74) is 2.96. The molecular formula is C19H23FN4O. The zero-order valence-electron chi connectivity index (χ0n) is 14.3. The fourth-order valence-corrected chi connectivity index (χ4v) is 3.01. The van der Waals surface area contributed by atoms with Crippen molar-refractivity contribution < 1.29 is 9.18 Å². The first-order valence-electron chi connectivity index (χ1n) is 8.92. The molecule has 0 aliphatic heterocycles. The Bertz CT molecular complexity index is 762.